The summed E-state index contributed by atoms with van der Waals surface area (Å²) in [5.41, 5.74) is 6.23. The van der Waals surface area contributed by atoms with Gasteiger partial charge >= 0.3 is 0 Å². The molecule has 90 valence electrons. The van der Waals surface area contributed by atoms with Crippen molar-refractivity contribution in [2.24, 2.45) is 11.7 Å². The van der Waals surface area contributed by atoms with Gasteiger partial charge in [0.1, 0.15) is 0 Å². The van der Waals surface area contributed by atoms with Crippen molar-refractivity contribution in [3.05, 3.63) is 28.5 Å². The fraction of sp³-hybridized carbons (Fsp3) is 0.455. The van der Waals surface area contributed by atoms with Crippen molar-refractivity contribution in [2.75, 3.05) is 0 Å². The van der Waals surface area contributed by atoms with Crippen LogP contribution in [0.5, 0.6) is 5.75 Å². The van der Waals surface area contributed by atoms with Crippen LogP contribution < -0.4 is 5.73 Å². The second-order valence-corrected chi connectivity index (χ2v) is 4.48. The average Bonchev–Trinajstić information content (AvgIpc) is 2.96. The topological polar surface area (TPSA) is 46.2 Å². The maximum absolute atomic E-state index is 13.1. The van der Waals surface area contributed by atoms with Gasteiger partial charge in [-0.3, -0.25) is 0 Å². The first-order valence-electron chi connectivity index (χ1n) is 5.02. The van der Waals surface area contributed by atoms with Crippen molar-refractivity contribution in [1.29, 1.82) is 0 Å². The van der Waals surface area contributed by atoms with E-state index in [0.29, 0.717) is 16.5 Å². The summed E-state index contributed by atoms with van der Waals surface area (Å²) < 4.78 is 13.1. The van der Waals surface area contributed by atoms with Crippen LogP contribution in [-0.4, -0.2) is 5.11 Å². The summed E-state index contributed by atoms with van der Waals surface area (Å²) in [6.07, 6.45) is 3.10. The zero-order valence-corrected chi connectivity index (χ0v) is 10.2. The number of aromatic hydroxyl groups is 1. The van der Waals surface area contributed by atoms with E-state index in [2.05, 4.69) is 0 Å². The summed E-state index contributed by atoms with van der Waals surface area (Å²) in [6.45, 7) is 0. The SMILES string of the molecule is Cl.N[C@@H](CC1CC1)c1c(Cl)ccc(F)c1O. The highest BCUT2D eigenvalue weighted by Gasteiger charge is 2.27. The minimum atomic E-state index is -0.666. The monoisotopic (exact) mass is 265 g/mol. The molecule has 0 bridgehead atoms. The Morgan fingerprint density at radius 1 is 1.50 bits per heavy atom. The van der Waals surface area contributed by atoms with Gasteiger partial charge in [0.2, 0.25) is 0 Å². The predicted octanol–water partition coefficient (Wildman–Crippen LogP) is 3.41. The summed E-state index contributed by atoms with van der Waals surface area (Å²) in [6, 6.07) is 2.20. The van der Waals surface area contributed by atoms with Crippen molar-refractivity contribution in [1.82, 2.24) is 0 Å². The number of hydrogen-bond acceptors (Lipinski definition) is 2. The number of phenolic OH excluding ortho intramolecular Hbond substituents is 1. The first-order valence-corrected chi connectivity index (χ1v) is 5.40. The van der Waals surface area contributed by atoms with Crippen LogP contribution in [0.1, 0.15) is 30.9 Å². The first kappa shape index (κ1) is 13.6. The Balaban J connectivity index is 0.00000128. The maximum Gasteiger partial charge on any atom is 0.165 e. The molecule has 1 aromatic carbocycles. The lowest BCUT2D eigenvalue weighted by molar-refractivity contribution is 0.417. The smallest absolute Gasteiger partial charge is 0.165 e. The van der Waals surface area contributed by atoms with Gasteiger partial charge in [0.25, 0.3) is 0 Å². The van der Waals surface area contributed by atoms with Crippen molar-refractivity contribution in [3.8, 4) is 5.75 Å². The Morgan fingerprint density at radius 2 is 2.12 bits per heavy atom. The second kappa shape index (κ2) is 5.21. The predicted molar refractivity (Wildman–Crippen MR) is 64.6 cm³/mol. The Hall–Kier alpha value is -0.510. The molecule has 1 saturated carbocycles. The molecule has 2 rings (SSSR count). The molecule has 0 spiro atoms. The summed E-state index contributed by atoms with van der Waals surface area (Å²) in [5, 5.41) is 9.88. The Bertz CT molecular complexity index is 382. The third kappa shape index (κ3) is 2.78. The van der Waals surface area contributed by atoms with Crippen molar-refractivity contribution in [2.45, 2.75) is 25.3 Å². The first-order chi connectivity index (χ1) is 7.09. The highest BCUT2D eigenvalue weighted by Crippen LogP contribution is 2.41. The van der Waals surface area contributed by atoms with Crippen molar-refractivity contribution < 1.29 is 9.50 Å². The molecule has 0 aliphatic heterocycles. The molecule has 16 heavy (non-hydrogen) atoms. The number of benzene rings is 1. The zero-order chi connectivity index (χ0) is 11.0. The number of hydrogen-bond donors (Lipinski definition) is 2. The van der Waals surface area contributed by atoms with E-state index in [1.54, 1.807) is 0 Å². The van der Waals surface area contributed by atoms with Gasteiger partial charge in [0.15, 0.2) is 11.6 Å². The van der Waals surface area contributed by atoms with Crippen LogP contribution in [0.4, 0.5) is 4.39 Å². The van der Waals surface area contributed by atoms with E-state index in [-0.39, 0.29) is 18.4 Å². The van der Waals surface area contributed by atoms with Gasteiger partial charge in [-0.2, -0.15) is 0 Å². The van der Waals surface area contributed by atoms with Gasteiger partial charge in [-0.25, -0.2) is 4.39 Å². The molecule has 0 radical (unpaired) electrons. The zero-order valence-electron chi connectivity index (χ0n) is 8.62. The lowest BCUT2D eigenvalue weighted by atomic mass is 10.0. The number of rotatable bonds is 3. The minimum absolute atomic E-state index is 0. The Labute approximate surface area is 105 Å². The third-order valence-electron chi connectivity index (χ3n) is 2.77. The van der Waals surface area contributed by atoms with Crippen LogP contribution in [0.25, 0.3) is 0 Å². The summed E-state index contributed by atoms with van der Waals surface area (Å²) >= 11 is 5.89. The molecule has 5 heteroatoms. The summed E-state index contributed by atoms with van der Waals surface area (Å²) in [5.74, 6) is -0.463. The highest BCUT2D eigenvalue weighted by molar-refractivity contribution is 6.31. The quantitative estimate of drug-likeness (QED) is 0.880. The largest absolute Gasteiger partial charge is 0.505 e. The Kier molecular flexibility index (Phi) is 4.42. The fourth-order valence-electron chi connectivity index (χ4n) is 1.74. The van der Waals surface area contributed by atoms with E-state index in [9.17, 15) is 9.50 Å². The van der Waals surface area contributed by atoms with Crippen molar-refractivity contribution in [3.63, 3.8) is 0 Å². The van der Waals surface area contributed by atoms with E-state index in [1.165, 1.54) is 18.9 Å². The van der Waals surface area contributed by atoms with Crippen LogP contribution in [-0.2, 0) is 0 Å². The number of nitrogens with two attached hydrogens (primary N) is 1. The summed E-state index contributed by atoms with van der Waals surface area (Å²) in [4.78, 5) is 0. The molecule has 2 nitrogen and oxygen atoms in total. The molecule has 0 heterocycles. The standard InChI is InChI=1S/C11H13ClFNO.ClH/c12-7-3-4-8(13)11(15)10(7)9(14)5-6-1-2-6;/h3-4,6,9,15H,1-2,5,14H2;1H/t9-;/m0./s1. The van der Waals surface area contributed by atoms with Gasteiger partial charge in [-0.05, 0) is 24.5 Å². The molecule has 0 amide bonds. The van der Waals surface area contributed by atoms with E-state index in [1.807, 2.05) is 0 Å². The molecule has 1 aromatic rings. The molecule has 0 saturated heterocycles. The van der Waals surface area contributed by atoms with Crippen LogP contribution in [0.3, 0.4) is 0 Å². The van der Waals surface area contributed by atoms with E-state index >= 15 is 0 Å². The molecule has 1 aliphatic carbocycles. The van der Waals surface area contributed by atoms with Crippen LogP contribution >= 0.6 is 24.0 Å². The molecular weight excluding hydrogens is 252 g/mol. The normalized spacial score (nSPS) is 16.7. The van der Waals surface area contributed by atoms with Crippen LogP contribution in [0, 0.1) is 11.7 Å². The molecular formula is C11H14Cl2FNO. The van der Waals surface area contributed by atoms with Crippen molar-refractivity contribution >= 4 is 24.0 Å². The van der Waals surface area contributed by atoms with Crippen LogP contribution in [0.15, 0.2) is 12.1 Å². The molecule has 3 N–H and O–H groups in total. The fourth-order valence-corrected chi connectivity index (χ4v) is 2.03. The molecule has 1 fully saturated rings. The van der Waals surface area contributed by atoms with Gasteiger partial charge < -0.3 is 10.8 Å². The van der Waals surface area contributed by atoms with E-state index in [0.717, 1.165) is 12.5 Å². The highest BCUT2D eigenvalue weighted by atomic mass is 35.5. The lowest BCUT2D eigenvalue weighted by Crippen LogP contribution is -2.12. The molecule has 0 unspecified atom stereocenters. The third-order valence-corrected chi connectivity index (χ3v) is 3.10. The van der Waals surface area contributed by atoms with Gasteiger partial charge in [0.05, 0.1) is 0 Å². The average molecular weight is 266 g/mol. The summed E-state index contributed by atoms with van der Waals surface area (Å²) in [7, 11) is 0. The maximum atomic E-state index is 13.1. The van der Waals surface area contributed by atoms with E-state index < -0.39 is 11.6 Å². The molecule has 1 aliphatic rings. The van der Waals surface area contributed by atoms with E-state index in [4.69, 9.17) is 17.3 Å². The number of halogens is 3. The number of phenols is 1. The molecule has 0 aromatic heterocycles. The second-order valence-electron chi connectivity index (χ2n) is 4.08. The van der Waals surface area contributed by atoms with Crippen LogP contribution in [0.2, 0.25) is 5.02 Å². The minimum Gasteiger partial charge on any atom is -0.505 e. The molecule has 1 atom stereocenters. The van der Waals surface area contributed by atoms with Gasteiger partial charge in [0, 0.05) is 16.6 Å². The van der Waals surface area contributed by atoms with Gasteiger partial charge in [-0.15, -0.1) is 12.4 Å². The lowest BCUT2D eigenvalue weighted by Gasteiger charge is -2.15. The Morgan fingerprint density at radius 3 is 2.69 bits per heavy atom. The van der Waals surface area contributed by atoms with Gasteiger partial charge in [-0.1, -0.05) is 24.4 Å².